The van der Waals surface area contributed by atoms with Crippen molar-refractivity contribution in [2.24, 2.45) is 5.92 Å². The van der Waals surface area contributed by atoms with E-state index >= 15 is 0 Å². The van der Waals surface area contributed by atoms with Gasteiger partial charge in [-0.25, -0.2) is 13.2 Å². The molecule has 0 atom stereocenters. The van der Waals surface area contributed by atoms with Gasteiger partial charge in [-0.05, 0) is 149 Å². The molecule has 12 nitrogen and oxygen atoms in total. The number of carbonyl (C=O) groups excluding carboxylic acids is 4. The number of hydrogen-bond donors (Lipinski definition) is 2. The zero-order valence-corrected chi connectivity index (χ0v) is 35.2. The Kier molecular flexibility index (Phi) is 13.7. The van der Waals surface area contributed by atoms with E-state index in [9.17, 15) is 27.6 Å². The van der Waals surface area contributed by atoms with Crippen LogP contribution in [0.1, 0.15) is 107 Å². The second kappa shape index (κ2) is 19.2. The first-order chi connectivity index (χ1) is 29.0. The third-order valence-corrected chi connectivity index (χ3v) is 13.8. The monoisotopic (exact) mass is 834 g/mol. The number of piperidine rings is 1. The first kappa shape index (κ1) is 42.6. The van der Waals surface area contributed by atoms with Crippen molar-refractivity contribution in [2.75, 3.05) is 42.3 Å². The number of nitrogens with one attached hydrogen (secondary N) is 2. The van der Waals surface area contributed by atoms with E-state index in [1.807, 2.05) is 42.5 Å². The number of sulfonamides is 1. The number of rotatable bonds is 15. The summed E-state index contributed by atoms with van der Waals surface area (Å²) in [6.07, 6.45) is 8.61. The Bertz CT molecular complexity index is 2280. The number of benzene rings is 4. The van der Waals surface area contributed by atoms with Crippen LogP contribution in [0.25, 0.3) is 0 Å². The Hall–Kier alpha value is -5.53. The Labute approximate surface area is 352 Å². The molecule has 1 saturated heterocycles. The van der Waals surface area contributed by atoms with Crippen molar-refractivity contribution in [3.05, 3.63) is 119 Å². The predicted octanol–water partition coefficient (Wildman–Crippen LogP) is 8.03. The maximum atomic E-state index is 14.3. The van der Waals surface area contributed by atoms with Gasteiger partial charge in [0.05, 0.1) is 41.3 Å². The van der Waals surface area contributed by atoms with Crippen molar-refractivity contribution < 1.29 is 37.1 Å². The summed E-state index contributed by atoms with van der Waals surface area (Å²) in [4.78, 5) is 54.4. The molecule has 3 aliphatic rings. The Morgan fingerprint density at radius 3 is 1.97 bits per heavy atom. The van der Waals surface area contributed by atoms with Gasteiger partial charge in [0.1, 0.15) is 0 Å². The number of nitrogens with zero attached hydrogens (tertiary/aromatic N) is 2. The van der Waals surface area contributed by atoms with Crippen LogP contribution in [0.3, 0.4) is 0 Å². The fourth-order valence-electron chi connectivity index (χ4n) is 8.30. The molecular formula is C47H54N4O8S. The van der Waals surface area contributed by atoms with E-state index in [4.69, 9.17) is 9.47 Å². The van der Waals surface area contributed by atoms with Crippen molar-refractivity contribution >= 4 is 50.8 Å². The van der Waals surface area contributed by atoms with Crippen LogP contribution in [0.15, 0.2) is 95.9 Å². The minimum absolute atomic E-state index is 0.0351. The highest BCUT2D eigenvalue weighted by Gasteiger charge is 2.44. The highest BCUT2D eigenvalue weighted by atomic mass is 32.2. The molecule has 2 aliphatic carbocycles. The molecule has 4 aromatic rings. The number of hydrogen-bond acceptors (Lipinski definition) is 9. The average molecular weight is 835 g/mol. The van der Waals surface area contributed by atoms with Gasteiger partial charge in [-0.15, -0.1) is 0 Å². The maximum absolute atomic E-state index is 14.3. The highest BCUT2D eigenvalue weighted by Crippen LogP contribution is 2.40. The highest BCUT2D eigenvalue weighted by molar-refractivity contribution is 7.89. The van der Waals surface area contributed by atoms with E-state index in [2.05, 4.69) is 15.5 Å². The molecule has 0 spiro atoms. The Balaban J connectivity index is 1.05. The van der Waals surface area contributed by atoms with E-state index < -0.39 is 21.8 Å². The molecule has 1 aliphatic heterocycles. The van der Waals surface area contributed by atoms with E-state index in [0.717, 1.165) is 74.8 Å². The molecule has 0 aromatic heterocycles. The minimum atomic E-state index is -3.96. The quantitative estimate of drug-likeness (QED) is 0.114. The van der Waals surface area contributed by atoms with Gasteiger partial charge in [-0.2, -0.15) is 4.31 Å². The summed E-state index contributed by atoms with van der Waals surface area (Å²) in [5.41, 5.74) is 4.90. The lowest BCUT2D eigenvalue weighted by Gasteiger charge is -2.35. The Morgan fingerprint density at radius 1 is 0.717 bits per heavy atom. The van der Waals surface area contributed by atoms with Gasteiger partial charge >= 0.3 is 11.9 Å². The zero-order valence-electron chi connectivity index (χ0n) is 34.4. The minimum Gasteiger partial charge on any atom is -0.466 e. The van der Waals surface area contributed by atoms with Gasteiger partial charge in [-0.1, -0.05) is 30.3 Å². The molecule has 7 rings (SSSR count). The number of carbonyl (C=O) groups is 4. The first-order valence-corrected chi connectivity index (χ1v) is 22.6. The molecule has 0 bridgehead atoms. The van der Waals surface area contributed by atoms with Crippen LogP contribution in [-0.4, -0.2) is 75.4 Å². The van der Waals surface area contributed by atoms with Crippen molar-refractivity contribution in [1.82, 2.24) is 4.31 Å². The molecule has 60 heavy (non-hydrogen) atoms. The standard InChI is InChI=1S/C47H54N4O8S/c1-3-59-47(55)35-18-22-38(23-19-35)51(39-24-25-39)60(56,57)41-9-7-8-36(30-41)44(52)49-43-27-26-40(50-28-5-4-6-29-50)31-42(43)45(53)48-37-20-14-33(15-21-37)11-10-32-12-16-34(17-13-32)46(54)58-2/h7-9,12-17,20-21,26-27,30-31,35,38-39H,3-6,10-11,18-19,22-25,28-29H2,1-2H3,(H,48,53)(H,49,52). The summed E-state index contributed by atoms with van der Waals surface area (Å²) < 4.78 is 40.2. The number of ether oxygens (including phenoxy) is 2. The lowest BCUT2D eigenvalue weighted by molar-refractivity contribution is -0.149. The van der Waals surface area contributed by atoms with E-state index in [0.29, 0.717) is 49.2 Å². The zero-order chi connectivity index (χ0) is 42.2. The van der Waals surface area contributed by atoms with Crippen LogP contribution in [-0.2, 0) is 37.1 Å². The van der Waals surface area contributed by atoms with Crippen LogP contribution < -0.4 is 15.5 Å². The molecule has 2 saturated carbocycles. The molecule has 3 fully saturated rings. The summed E-state index contributed by atoms with van der Waals surface area (Å²) in [7, 11) is -2.60. The molecule has 2 amide bonds. The predicted molar refractivity (Wildman–Crippen MR) is 231 cm³/mol. The number of aryl methyl sites for hydroxylation is 2. The van der Waals surface area contributed by atoms with Crippen LogP contribution in [0.2, 0.25) is 0 Å². The number of anilines is 3. The fraction of sp³-hybridized carbons (Fsp3) is 0.404. The van der Waals surface area contributed by atoms with Crippen molar-refractivity contribution in [2.45, 2.75) is 94.5 Å². The first-order valence-electron chi connectivity index (χ1n) is 21.1. The number of methoxy groups -OCH3 is 1. The van der Waals surface area contributed by atoms with Crippen LogP contribution >= 0.6 is 0 Å². The van der Waals surface area contributed by atoms with Gasteiger partial charge in [0.25, 0.3) is 11.8 Å². The SMILES string of the molecule is CCOC(=O)C1CCC(N(C2CC2)S(=O)(=O)c2cccc(C(=O)Nc3ccc(N4CCCCC4)cc3C(=O)Nc3ccc(CCc4ccc(C(=O)OC)cc4)cc3)c2)CC1. The van der Waals surface area contributed by atoms with Crippen molar-refractivity contribution in [3.63, 3.8) is 0 Å². The largest absolute Gasteiger partial charge is 0.466 e. The van der Waals surface area contributed by atoms with E-state index in [1.54, 1.807) is 47.6 Å². The van der Waals surface area contributed by atoms with Crippen LogP contribution in [0.4, 0.5) is 17.1 Å². The maximum Gasteiger partial charge on any atom is 0.337 e. The molecule has 2 N–H and O–H groups in total. The summed E-state index contributed by atoms with van der Waals surface area (Å²) in [6, 6.07) is 26.1. The second-order valence-electron chi connectivity index (χ2n) is 15.9. The molecule has 4 aromatic carbocycles. The molecule has 1 heterocycles. The normalized spacial score (nSPS) is 18.1. The third kappa shape index (κ3) is 10.2. The van der Waals surface area contributed by atoms with Gasteiger partial charge in [0.2, 0.25) is 10.0 Å². The summed E-state index contributed by atoms with van der Waals surface area (Å²) in [5, 5.41) is 5.92. The molecule has 0 unspecified atom stereocenters. The smallest absolute Gasteiger partial charge is 0.337 e. The van der Waals surface area contributed by atoms with Gasteiger partial charge in [0.15, 0.2) is 0 Å². The van der Waals surface area contributed by atoms with Crippen LogP contribution in [0.5, 0.6) is 0 Å². The molecule has 316 valence electrons. The molecular weight excluding hydrogens is 781 g/mol. The fourth-order valence-corrected chi connectivity index (χ4v) is 10.3. The van der Waals surface area contributed by atoms with Crippen molar-refractivity contribution in [1.29, 1.82) is 0 Å². The van der Waals surface area contributed by atoms with Crippen LogP contribution in [0, 0.1) is 5.92 Å². The lowest BCUT2D eigenvalue weighted by Crippen LogP contribution is -2.44. The lowest BCUT2D eigenvalue weighted by atomic mass is 9.86. The average Bonchev–Trinajstić information content (AvgIpc) is 4.12. The van der Waals surface area contributed by atoms with Gasteiger partial charge in [0, 0.05) is 42.1 Å². The Morgan fingerprint density at radius 2 is 1.35 bits per heavy atom. The topological polar surface area (TPSA) is 151 Å². The number of amides is 2. The van der Waals surface area contributed by atoms with Gasteiger partial charge in [-0.3, -0.25) is 14.4 Å². The summed E-state index contributed by atoms with van der Waals surface area (Å²) in [6.45, 7) is 3.84. The van der Waals surface area contributed by atoms with E-state index in [1.165, 1.54) is 19.2 Å². The second-order valence-corrected chi connectivity index (χ2v) is 17.8. The summed E-state index contributed by atoms with van der Waals surface area (Å²) in [5.74, 6) is -1.74. The van der Waals surface area contributed by atoms with E-state index in [-0.39, 0.29) is 46.0 Å². The molecule has 13 heteroatoms. The number of esters is 2. The van der Waals surface area contributed by atoms with Gasteiger partial charge < -0.3 is 25.0 Å². The molecule has 0 radical (unpaired) electrons. The summed E-state index contributed by atoms with van der Waals surface area (Å²) >= 11 is 0. The van der Waals surface area contributed by atoms with Crippen molar-refractivity contribution in [3.8, 4) is 0 Å². The third-order valence-electron chi connectivity index (χ3n) is 11.8.